The molecule has 0 radical (unpaired) electrons. The number of hydrogen-bond acceptors (Lipinski definition) is 0. The summed E-state index contributed by atoms with van der Waals surface area (Å²) in [5, 5.41) is 0. The van der Waals surface area contributed by atoms with Gasteiger partial charge in [-0.15, -0.1) is 6.58 Å². The summed E-state index contributed by atoms with van der Waals surface area (Å²) >= 11 is 0. The number of alkyl halides is 2. The summed E-state index contributed by atoms with van der Waals surface area (Å²) in [7, 11) is 0. The van der Waals surface area contributed by atoms with Crippen molar-refractivity contribution in [2.24, 2.45) is 0 Å². The van der Waals surface area contributed by atoms with Gasteiger partial charge in [0.2, 0.25) is 0 Å². The largest absolute Gasteiger partial charge is 0.247 e. The molecule has 0 nitrogen and oxygen atoms in total. The van der Waals surface area contributed by atoms with Crippen molar-refractivity contribution in [2.45, 2.75) is 6.92 Å². The van der Waals surface area contributed by atoms with Crippen molar-refractivity contribution < 1.29 is 8.78 Å². The standard InChI is InChI=1S/C4H7F.C3H5F/c1-2-3-4-5;1-2-3-4/h2-3H,4H2,1H3;2H,1,3H2. The van der Waals surface area contributed by atoms with Gasteiger partial charge in [0, 0.05) is 0 Å². The SMILES string of the molecule is C=CCF.CC=CCF. The predicted molar refractivity (Wildman–Crippen MR) is 37.0 cm³/mol. The molecule has 0 aromatic heterocycles. The van der Waals surface area contributed by atoms with Crippen LogP contribution in [0.1, 0.15) is 6.92 Å². The van der Waals surface area contributed by atoms with Crippen molar-refractivity contribution in [1.29, 1.82) is 0 Å². The normalized spacial score (nSPS) is 8.33. The number of rotatable bonds is 2. The average Bonchev–Trinajstić information content (AvgIpc) is 1.91. The second-order valence-electron chi connectivity index (χ2n) is 1.17. The maximum absolute atomic E-state index is 10.9. The van der Waals surface area contributed by atoms with Crippen LogP contribution in [0.15, 0.2) is 24.8 Å². The van der Waals surface area contributed by atoms with E-state index in [1.807, 2.05) is 0 Å². The fourth-order valence-corrected chi connectivity index (χ4v) is 0.0891. The molecule has 0 rings (SSSR count). The fraction of sp³-hybridized carbons (Fsp3) is 0.429. The summed E-state index contributed by atoms with van der Waals surface area (Å²) in [6, 6.07) is 0. The molecule has 2 heteroatoms. The molecule has 0 saturated carbocycles. The van der Waals surface area contributed by atoms with Crippen molar-refractivity contribution in [3.05, 3.63) is 24.8 Å². The Bertz CT molecular complexity index is 67.3. The Morgan fingerprint density at radius 2 is 1.78 bits per heavy atom. The quantitative estimate of drug-likeness (QED) is 0.509. The first-order valence-corrected chi connectivity index (χ1v) is 2.67. The van der Waals surface area contributed by atoms with E-state index < -0.39 is 6.67 Å². The van der Waals surface area contributed by atoms with Crippen LogP contribution >= 0.6 is 0 Å². The summed E-state index contributed by atoms with van der Waals surface area (Å²) in [5.41, 5.74) is 0. The lowest BCUT2D eigenvalue weighted by Gasteiger charge is -1.62. The fourth-order valence-electron chi connectivity index (χ4n) is 0.0891. The second kappa shape index (κ2) is 15.7. The van der Waals surface area contributed by atoms with Gasteiger partial charge >= 0.3 is 0 Å². The van der Waals surface area contributed by atoms with E-state index in [9.17, 15) is 8.78 Å². The highest BCUT2D eigenvalue weighted by Crippen LogP contribution is 1.67. The minimum Gasteiger partial charge on any atom is -0.247 e. The first-order chi connectivity index (χ1) is 4.33. The van der Waals surface area contributed by atoms with Gasteiger partial charge in [0.1, 0.15) is 13.3 Å². The molecular weight excluding hydrogens is 122 g/mol. The molecule has 0 aromatic rings. The third-order valence-electron chi connectivity index (χ3n) is 0.434. The van der Waals surface area contributed by atoms with E-state index in [4.69, 9.17) is 0 Å². The lowest BCUT2D eigenvalue weighted by molar-refractivity contribution is 0.561. The maximum atomic E-state index is 10.9. The van der Waals surface area contributed by atoms with Gasteiger partial charge in [0.05, 0.1) is 0 Å². The van der Waals surface area contributed by atoms with Gasteiger partial charge in [-0.25, -0.2) is 8.78 Å². The molecule has 0 amide bonds. The third kappa shape index (κ3) is 38.2. The minimum absolute atomic E-state index is 0.337. The summed E-state index contributed by atoms with van der Waals surface area (Å²) in [4.78, 5) is 0. The molecule has 0 N–H and O–H groups in total. The first kappa shape index (κ1) is 11.2. The van der Waals surface area contributed by atoms with Gasteiger partial charge in [0.25, 0.3) is 0 Å². The second-order valence-corrected chi connectivity index (χ2v) is 1.17. The number of hydrogen-bond donors (Lipinski definition) is 0. The lowest BCUT2D eigenvalue weighted by Crippen LogP contribution is -1.53. The molecule has 0 heterocycles. The van der Waals surface area contributed by atoms with Crippen molar-refractivity contribution in [3.63, 3.8) is 0 Å². The van der Waals surface area contributed by atoms with Gasteiger partial charge in [-0.1, -0.05) is 18.2 Å². The molecule has 0 bridgehead atoms. The maximum Gasteiger partial charge on any atom is 0.108 e. The van der Waals surface area contributed by atoms with Gasteiger partial charge < -0.3 is 0 Å². The molecule has 0 saturated heterocycles. The van der Waals surface area contributed by atoms with Crippen LogP contribution in [-0.4, -0.2) is 13.3 Å². The molecule has 0 aliphatic heterocycles. The summed E-state index contributed by atoms with van der Waals surface area (Å²) in [6.07, 6.45) is 4.35. The molecule has 0 aliphatic rings. The van der Waals surface area contributed by atoms with Crippen LogP contribution in [0.3, 0.4) is 0 Å². The Labute approximate surface area is 54.9 Å². The summed E-state index contributed by atoms with van der Waals surface area (Å²) in [6.45, 7) is 4.14. The smallest absolute Gasteiger partial charge is 0.108 e. The molecule has 0 spiro atoms. The van der Waals surface area contributed by atoms with E-state index in [0.29, 0.717) is 0 Å². The highest BCUT2D eigenvalue weighted by molar-refractivity contribution is 4.74. The Morgan fingerprint density at radius 1 is 1.33 bits per heavy atom. The van der Waals surface area contributed by atoms with E-state index in [0.717, 1.165) is 0 Å². The topological polar surface area (TPSA) is 0 Å². The first-order valence-electron chi connectivity index (χ1n) is 2.67. The van der Waals surface area contributed by atoms with Gasteiger partial charge in [-0.3, -0.25) is 0 Å². The molecule has 0 atom stereocenters. The average molecular weight is 134 g/mol. The highest BCUT2D eigenvalue weighted by atomic mass is 19.1. The zero-order valence-electron chi connectivity index (χ0n) is 5.61. The monoisotopic (exact) mass is 134 g/mol. The Morgan fingerprint density at radius 3 is 1.78 bits per heavy atom. The van der Waals surface area contributed by atoms with E-state index in [1.54, 1.807) is 13.0 Å². The molecule has 54 valence electrons. The van der Waals surface area contributed by atoms with Gasteiger partial charge in [-0.05, 0) is 6.92 Å². The Balaban J connectivity index is 0. The van der Waals surface area contributed by atoms with Crippen LogP contribution in [0.4, 0.5) is 8.78 Å². The summed E-state index contributed by atoms with van der Waals surface area (Å²) in [5.74, 6) is 0. The predicted octanol–water partition coefficient (Wildman–Crippen LogP) is 2.67. The molecular formula is C7H12F2. The number of halogens is 2. The van der Waals surface area contributed by atoms with Crippen LogP contribution in [0.5, 0.6) is 0 Å². The van der Waals surface area contributed by atoms with E-state index in [1.165, 1.54) is 12.2 Å². The van der Waals surface area contributed by atoms with Crippen molar-refractivity contribution in [1.82, 2.24) is 0 Å². The Kier molecular flexibility index (Phi) is 19.5. The van der Waals surface area contributed by atoms with Crippen LogP contribution < -0.4 is 0 Å². The van der Waals surface area contributed by atoms with Crippen molar-refractivity contribution >= 4 is 0 Å². The molecule has 0 aromatic carbocycles. The molecule has 0 fully saturated rings. The van der Waals surface area contributed by atoms with E-state index in [-0.39, 0.29) is 6.67 Å². The van der Waals surface area contributed by atoms with E-state index >= 15 is 0 Å². The molecule has 9 heavy (non-hydrogen) atoms. The van der Waals surface area contributed by atoms with Crippen LogP contribution in [0.2, 0.25) is 0 Å². The van der Waals surface area contributed by atoms with Crippen molar-refractivity contribution in [2.75, 3.05) is 13.3 Å². The van der Waals surface area contributed by atoms with E-state index in [2.05, 4.69) is 6.58 Å². The third-order valence-corrected chi connectivity index (χ3v) is 0.434. The Hall–Kier alpha value is -0.660. The lowest BCUT2D eigenvalue weighted by atomic mass is 10.6. The molecule has 0 aliphatic carbocycles. The summed E-state index contributed by atoms with van der Waals surface area (Å²) < 4.78 is 21.5. The van der Waals surface area contributed by atoms with Crippen LogP contribution in [0.25, 0.3) is 0 Å². The van der Waals surface area contributed by atoms with Gasteiger partial charge in [0.15, 0.2) is 0 Å². The highest BCUT2D eigenvalue weighted by Gasteiger charge is 1.56. The minimum atomic E-state index is -0.417. The van der Waals surface area contributed by atoms with Gasteiger partial charge in [-0.2, -0.15) is 0 Å². The molecule has 0 unspecified atom stereocenters. The number of allylic oxidation sites excluding steroid dienone is 3. The van der Waals surface area contributed by atoms with Crippen LogP contribution in [-0.2, 0) is 0 Å². The zero-order valence-corrected chi connectivity index (χ0v) is 5.61. The van der Waals surface area contributed by atoms with Crippen molar-refractivity contribution in [3.8, 4) is 0 Å². The zero-order chi connectivity index (χ0) is 7.54. The van der Waals surface area contributed by atoms with Crippen LogP contribution in [0, 0.1) is 0 Å².